The van der Waals surface area contributed by atoms with Crippen LogP contribution in [-0.4, -0.2) is 45.0 Å². The van der Waals surface area contributed by atoms with Gasteiger partial charge in [-0.05, 0) is 30.5 Å². The molecule has 1 aliphatic rings. The van der Waals surface area contributed by atoms with Crippen LogP contribution < -0.4 is 10.1 Å². The van der Waals surface area contributed by atoms with Crippen LogP contribution in [0.5, 0.6) is 5.88 Å². The van der Waals surface area contributed by atoms with Gasteiger partial charge >= 0.3 is 16.2 Å². The number of aromatic nitrogens is 4. The summed E-state index contributed by atoms with van der Waals surface area (Å²) in [5.74, 6) is -3.09. The lowest BCUT2D eigenvalue weighted by Crippen LogP contribution is -2.44. The second kappa shape index (κ2) is 10.5. The van der Waals surface area contributed by atoms with E-state index < -0.39 is 48.8 Å². The van der Waals surface area contributed by atoms with E-state index in [4.69, 9.17) is 11.6 Å². The lowest BCUT2D eigenvalue weighted by atomic mass is 10.1. The van der Waals surface area contributed by atoms with Crippen molar-refractivity contribution in [2.45, 2.75) is 38.5 Å². The average Bonchev–Trinajstić information content (AvgIpc) is 3.29. The maximum absolute atomic E-state index is 14.4. The minimum Gasteiger partial charge on any atom is -0.411 e. The van der Waals surface area contributed by atoms with Crippen molar-refractivity contribution in [1.29, 1.82) is 5.26 Å². The third kappa shape index (κ3) is 6.12. The van der Waals surface area contributed by atoms with Gasteiger partial charge in [-0.15, -0.1) is 5.10 Å². The topological polar surface area (TPSA) is 97.8 Å². The first-order valence-electron chi connectivity index (χ1n) is 10.9. The van der Waals surface area contributed by atoms with Crippen molar-refractivity contribution in [3.8, 4) is 28.9 Å². The highest BCUT2D eigenvalue weighted by Gasteiger charge is 2.56. The number of hydrogen-bond acceptors (Lipinski definition) is 5. The number of rotatable bonds is 8. The van der Waals surface area contributed by atoms with E-state index in [0.29, 0.717) is 73.0 Å². The fraction of sp³-hybridized carbons (Fsp3) is 0.364. The van der Waals surface area contributed by atoms with Gasteiger partial charge in [-0.1, -0.05) is 40.3 Å². The number of amides is 1. The summed E-state index contributed by atoms with van der Waals surface area (Å²) < 4.78 is 96.4. The van der Waals surface area contributed by atoms with Gasteiger partial charge in [0.2, 0.25) is 0 Å². The highest BCUT2D eigenvalue weighted by molar-refractivity contribution is 14.1. The number of nitrogens with one attached hydrogen (secondary N) is 1. The Morgan fingerprint density at radius 2 is 1.88 bits per heavy atom. The second-order valence-corrected chi connectivity index (χ2v) is 11.8. The van der Waals surface area contributed by atoms with Crippen LogP contribution in [0.2, 0.25) is 5.02 Å². The van der Waals surface area contributed by atoms with Crippen molar-refractivity contribution in [2.75, 3.05) is 0 Å². The fourth-order valence-corrected chi connectivity index (χ4v) is 4.28. The van der Waals surface area contributed by atoms with Crippen molar-refractivity contribution in [2.24, 2.45) is 7.05 Å². The van der Waals surface area contributed by atoms with Crippen LogP contribution in [0.4, 0.5) is 30.7 Å². The zero-order valence-corrected chi connectivity index (χ0v) is 24.8. The van der Waals surface area contributed by atoms with Crippen molar-refractivity contribution < 1.29 is 40.3 Å². The number of hydrogen-bond donors (Lipinski definition) is 1. The number of carbonyl (C=O) groups excluding carboxylic acids is 1. The summed E-state index contributed by atoms with van der Waals surface area (Å²) >= 11 is 7.27. The Labute approximate surface area is 253 Å². The number of aryl methyl sites for hydroxylation is 1. The third-order valence-corrected chi connectivity index (χ3v) is 9.40. The Morgan fingerprint density at radius 1 is 1.23 bits per heavy atom. The minimum absolute atomic E-state index is 0.00305. The smallest absolute Gasteiger partial charge is 0.411 e. The first-order chi connectivity index (χ1) is 18.4. The van der Waals surface area contributed by atoms with E-state index in [1.165, 1.54) is 18.2 Å². The molecule has 1 unspecified atom stereocenters. The summed E-state index contributed by atoms with van der Waals surface area (Å²) in [7, 11) is 0.999. The van der Waals surface area contributed by atoms with E-state index in [0.717, 1.165) is 19.4 Å². The minimum atomic E-state index is -5.31. The quantitative estimate of drug-likeness (QED) is 0.159. The zero-order chi connectivity index (χ0) is 29.8. The monoisotopic (exact) mass is 816 g/mol. The SMILES string of the molecule is Cn1nc(OC(F)(F)C(I)C(F)(F)I)c(C(F)(F)F)c1-n1cc(-c2ccc(Cl)c(C(=O)NC3(C#N)CC3)c2)cn1. The molecular weight excluding hydrogens is 803 g/mol. The van der Waals surface area contributed by atoms with Crippen molar-refractivity contribution in [3.05, 3.63) is 46.7 Å². The summed E-state index contributed by atoms with van der Waals surface area (Å²) in [6.07, 6.45) is -6.83. The highest BCUT2D eigenvalue weighted by Crippen LogP contribution is 2.46. The molecule has 0 saturated heterocycles. The van der Waals surface area contributed by atoms with Gasteiger partial charge in [0, 0.05) is 41.4 Å². The third-order valence-electron chi connectivity index (χ3n) is 5.74. The molecule has 18 heteroatoms. The Bertz CT molecular complexity index is 1510. The van der Waals surface area contributed by atoms with Crippen LogP contribution in [0.15, 0.2) is 30.6 Å². The molecule has 1 atom stereocenters. The van der Waals surface area contributed by atoms with Gasteiger partial charge in [0.1, 0.15) is 5.54 Å². The predicted molar refractivity (Wildman–Crippen MR) is 143 cm³/mol. The molecule has 1 aromatic carbocycles. The van der Waals surface area contributed by atoms with Gasteiger partial charge in [0.25, 0.3) is 11.8 Å². The lowest BCUT2D eigenvalue weighted by molar-refractivity contribution is -0.197. The zero-order valence-electron chi connectivity index (χ0n) is 19.7. The molecule has 2 heterocycles. The van der Waals surface area contributed by atoms with Gasteiger partial charge in [-0.3, -0.25) is 4.79 Å². The van der Waals surface area contributed by atoms with Crippen molar-refractivity contribution in [3.63, 3.8) is 0 Å². The van der Waals surface area contributed by atoms with Gasteiger partial charge in [-0.2, -0.15) is 41.1 Å². The average molecular weight is 817 g/mol. The summed E-state index contributed by atoms with van der Waals surface area (Å²) in [6.45, 7) is 0. The molecule has 2 aromatic heterocycles. The molecule has 0 bridgehead atoms. The van der Waals surface area contributed by atoms with Crippen molar-refractivity contribution >= 4 is 62.7 Å². The van der Waals surface area contributed by atoms with E-state index in [2.05, 4.69) is 20.3 Å². The van der Waals surface area contributed by atoms with Crippen LogP contribution in [0.1, 0.15) is 28.8 Å². The largest absolute Gasteiger partial charge is 0.425 e. The number of alkyl halides is 9. The Kier molecular flexibility index (Phi) is 8.03. The van der Waals surface area contributed by atoms with E-state index in [1.54, 1.807) is 0 Å². The number of halogens is 10. The number of benzene rings is 1. The van der Waals surface area contributed by atoms with E-state index in [9.17, 15) is 40.8 Å². The van der Waals surface area contributed by atoms with Crippen LogP contribution in [-0.2, 0) is 13.2 Å². The summed E-state index contributed by atoms with van der Waals surface area (Å²) in [4.78, 5) is 12.7. The van der Waals surface area contributed by atoms with Gasteiger partial charge in [0.05, 0.1) is 22.9 Å². The summed E-state index contributed by atoms with van der Waals surface area (Å²) in [5.41, 5.74) is -2.24. The first-order valence-corrected chi connectivity index (χ1v) is 13.6. The molecule has 214 valence electrons. The fourth-order valence-electron chi connectivity index (χ4n) is 3.59. The number of nitriles is 1. The number of carbonyl (C=O) groups is 1. The summed E-state index contributed by atoms with van der Waals surface area (Å²) in [5, 5.41) is 19.1. The molecule has 1 saturated carbocycles. The molecule has 0 aliphatic heterocycles. The summed E-state index contributed by atoms with van der Waals surface area (Å²) in [6, 6.07) is 6.19. The van der Waals surface area contributed by atoms with Gasteiger partial charge < -0.3 is 10.1 Å². The second-order valence-electron chi connectivity index (χ2n) is 8.71. The Hall–Kier alpha value is -2.34. The standard InChI is InChI=1S/C22H14ClF7I2N6O2/c1-37-17(14(20(24,25)26)16(36-37)40-22(29,30)18(31)21(27,28)32)38-8-11(7-34-38)10-2-3-13(23)12(6-10)15(39)35-19(9-33)4-5-19/h2-3,6-8,18H,4-5H2,1H3,(H,35,39). The Morgan fingerprint density at radius 3 is 2.42 bits per heavy atom. The molecule has 4 rings (SSSR count). The molecule has 1 fully saturated rings. The lowest BCUT2D eigenvalue weighted by Gasteiger charge is -2.25. The first kappa shape index (κ1) is 30.6. The van der Waals surface area contributed by atoms with Crippen LogP contribution in [0, 0.1) is 11.3 Å². The predicted octanol–water partition coefficient (Wildman–Crippen LogP) is 6.53. The number of ether oxygens (including phenoxy) is 1. The molecule has 8 nitrogen and oxygen atoms in total. The van der Waals surface area contributed by atoms with Crippen LogP contribution >= 0.6 is 56.8 Å². The molecular formula is C22H14ClF7I2N6O2. The maximum atomic E-state index is 14.4. The molecule has 1 aliphatic carbocycles. The highest BCUT2D eigenvalue weighted by atomic mass is 127. The maximum Gasteiger partial charge on any atom is 0.425 e. The van der Waals surface area contributed by atoms with Crippen LogP contribution in [0.25, 0.3) is 16.9 Å². The Balaban J connectivity index is 1.71. The number of nitrogens with zero attached hydrogens (tertiary/aromatic N) is 5. The van der Waals surface area contributed by atoms with Crippen molar-refractivity contribution in [1.82, 2.24) is 24.9 Å². The van der Waals surface area contributed by atoms with Crippen LogP contribution in [0.3, 0.4) is 0 Å². The van der Waals surface area contributed by atoms with Gasteiger partial charge in [0.15, 0.2) is 15.3 Å². The molecule has 0 radical (unpaired) electrons. The molecule has 1 amide bonds. The van der Waals surface area contributed by atoms with Gasteiger partial charge in [-0.25, -0.2) is 9.36 Å². The molecule has 40 heavy (non-hydrogen) atoms. The van der Waals surface area contributed by atoms with E-state index in [1.807, 2.05) is 6.07 Å². The van der Waals surface area contributed by atoms with E-state index in [-0.39, 0.29) is 16.1 Å². The van der Waals surface area contributed by atoms with E-state index >= 15 is 0 Å². The normalized spacial score (nSPS) is 15.8. The molecule has 0 spiro atoms. The molecule has 1 N–H and O–H groups in total. The molecule has 3 aromatic rings.